The lowest BCUT2D eigenvalue weighted by Gasteiger charge is -2.30. The first kappa shape index (κ1) is 23.5. The van der Waals surface area contributed by atoms with Gasteiger partial charge >= 0.3 is 4.87 Å². The van der Waals surface area contributed by atoms with Crippen LogP contribution in [0.5, 0.6) is 5.75 Å². The summed E-state index contributed by atoms with van der Waals surface area (Å²) >= 11 is 1.07. The zero-order valence-electron chi connectivity index (χ0n) is 18.6. The Balaban J connectivity index is 1.43. The van der Waals surface area contributed by atoms with E-state index in [1.807, 2.05) is 6.92 Å². The van der Waals surface area contributed by atoms with Gasteiger partial charge in [0, 0.05) is 31.2 Å². The van der Waals surface area contributed by atoms with Gasteiger partial charge in [0.05, 0.1) is 22.2 Å². The second-order valence-electron chi connectivity index (χ2n) is 8.05. The summed E-state index contributed by atoms with van der Waals surface area (Å²) in [5.74, 6) is 0.342. The number of carbonyl (C=O) groups is 1. The first-order valence-electron chi connectivity index (χ1n) is 10.9. The Morgan fingerprint density at radius 3 is 2.48 bits per heavy atom. The van der Waals surface area contributed by atoms with Gasteiger partial charge in [-0.15, -0.1) is 0 Å². The van der Waals surface area contributed by atoms with Gasteiger partial charge in [-0.3, -0.25) is 14.2 Å². The molecule has 1 aromatic heterocycles. The molecule has 3 aromatic rings. The third kappa shape index (κ3) is 4.83. The van der Waals surface area contributed by atoms with Gasteiger partial charge in [-0.25, -0.2) is 8.42 Å². The second-order valence-corrected chi connectivity index (χ2v) is 11.0. The van der Waals surface area contributed by atoms with E-state index in [4.69, 9.17) is 4.74 Å². The van der Waals surface area contributed by atoms with Gasteiger partial charge < -0.3 is 10.1 Å². The zero-order valence-corrected chi connectivity index (χ0v) is 20.2. The summed E-state index contributed by atoms with van der Waals surface area (Å²) in [7, 11) is -2.12. The maximum Gasteiger partial charge on any atom is 0.308 e. The molecule has 2 heterocycles. The van der Waals surface area contributed by atoms with Gasteiger partial charge in [0.1, 0.15) is 5.75 Å². The molecule has 1 saturated heterocycles. The lowest BCUT2D eigenvalue weighted by Crippen LogP contribution is -2.41. The number of piperidine rings is 1. The van der Waals surface area contributed by atoms with Crippen LogP contribution in [0.3, 0.4) is 0 Å². The van der Waals surface area contributed by atoms with Gasteiger partial charge in [-0.05, 0) is 61.7 Å². The molecule has 8 nitrogen and oxygen atoms in total. The highest BCUT2D eigenvalue weighted by atomic mass is 32.2. The van der Waals surface area contributed by atoms with Crippen molar-refractivity contribution in [1.29, 1.82) is 0 Å². The van der Waals surface area contributed by atoms with E-state index >= 15 is 0 Å². The Hall–Kier alpha value is -2.69. The van der Waals surface area contributed by atoms with Gasteiger partial charge in [-0.1, -0.05) is 18.3 Å². The molecule has 33 heavy (non-hydrogen) atoms. The molecule has 4 rings (SSSR count). The van der Waals surface area contributed by atoms with E-state index in [0.29, 0.717) is 35.5 Å². The minimum absolute atomic E-state index is 0.0786. The number of nitrogens with one attached hydrogen (secondary N) is 1. The number of aryl methyl sites for hydroxylation is 1. The van der Waals surface area contributed by atoms with E-state index in [0.717, 1.165) is 23.3 Å². The van der Waals surface area contributed by atoms with Crippen LogP contribution in [0, 0.1) is 5.92 Å². The van der Waals surface area contributed by atoms with Crippen LogP contribution in [0.4, 0.5) is 5.69 Å². The molecule has 0 atom stereocenters. The molecule has 0 radical (unpaired) electrons. The van der Waals surface area contributed by atoms with Crippen LogP contribution in [0.15, 0.2) is 52.2 Å². The van der Waals surface area contributed by atoms with Gasteiger partial charge in [0.2, 0.25) is 15.9 Å². The predicted molar refractivity (Wildman–Crippen MR) is 129 cm³/mol. The first-order chi connectivity index (χ1) is 15.8. The number of anilines is 1. The summed E-state index contributed by atoms with van der Waals surface area (Å²) in [4.78, 5) is 25.0. The normalized spacial score (nSPS) is 15.6. The maximum atomic E-state index is 13.2. The molecule has 2 aromatic carbocycles. The van der Waals surface area contributed by atoms with Crippen molar-refractivity contribution in [2.45, 2.75) is 37.6 Å². The summed E-state index contributed by atoms with van der Waals surface area (Å²) in [5, 5.41) is 2.89. The minimum Gasteiger partial charge on any atom is -0.497 e. The van der Waals surface area contributed by atoms with E-state index in [9.17, 15) is 18.0 Å². The molecule has 1 aliphatic heterocycles. The van der Waals surface area contributed by atoms with Crippen molar-refractivity contribution in [2.24, 2.45) is 5.92 Å². The Morgan fingerprint density at radius 2 is 1.85 bits per heavy atom. The number of fused-ring (bicyclic) bond motifs is 1. The number of hydrogen-bond donors (Lipinski definition) is 1. The van der Waals surface area contributed by atoms with Crippen molar-refractivity contribution in [3.63, 3.8) is 0 Å². The highest BCUT2D eigenvalue weighted by molar-refractivity contribution is 7.89. The summed E-state index contributed by atoms with van der Waals surface area (Å²) in [6.45, 7) is 3.15. The number of ether oxygens (including phenoxy) is 1. The molecule has 0 bridgehead atoms. The number of rotatable bonds is 7. The lowest BCUT2D eigenvalue weighted by atomic mass is 9.97. The standard InChI is InChI=1S/C23H27N3O5S2/c1-3-12-26-20-9-8-19(15-21(20)32-23(26)28)33(29,30)25-13-10-16(11-14-25)22(27)24-17-4-6-18(31-2)7-5-17/h4-9,15-16H,3,10-14H2,1-2H3,(H,24,27). The maximum absolute atomic E-state index is 13.2. The molecule has 1 N–H and O–H groups in total. The van der Waals surface area contributed by atoms with Crippen molar-refractivity contribution < 1.29 is 17.9 Å². The Morgan fingerprint density at radius 1 is 1.15 bits per heavy atom. The minimum atomic E-state index is -3.70. The Labute approximate surface area is 196 Å². The first-order valence-corrected chi connectivity index (χ1v) is 13.2. The third-order valence-corrected chi connectivity index (χ3v) is 8.74. The number of aromatic nitrogens is 1. The fourth-order valence-electron chi connectivity index (χ4n) is 4.07. The van der Waals surface area contributed by atoms with E-state index in [-0.39, 0.29) is 34.7 Å². The number of amides is 1. The third-order valence-electron chi connectivity index (χ3n) is 5.91. The SMILES string of the molecule is CCCn1c(=O)sc2cc(S(=O)(=O)N3CCC(C(=O)Nc4ccc(OC)cc4)CC3)ccc21. The predicted octanol–water partition coefficient (Wildman–Crippen LogP) is 3.52. The molecule has 0 aliphatic carbocycles. The summed E-state index contributed by atoms with van der Waals surface area (Å²) in [6, 6.07) is 12.0. The molecule has 0 spiro atoms. The monoisotopic (exact) mass is 489 g/mol. The number of methoxy groups -OCH3 is 1. The summed E-state index contributed by atoms with van der Waals surface area (Å²) in [5.41, 5.74) is 1.44. The van der Waals surface area contributed by atoms with E-state index in [2.05, 4.69) is 5.32 Å². The molecule has 10 heteroatoms. The number of benzene rings is 2. The zero-order chi connectivity index (χ0) is 23.6. The molecule has 1 amide bonds. The lowest BCUT2D eigenvalue weighted by molar-refractivity contribution is -0.120. The van der Waals surface area contributed by atoms with Gasteiger partial charge in [-0.2, -0.15) is 4.31 Å². The van der Waals surface area contributed by atoms with Gasteiger partial charge in [0.25, 0.3) is 0 Å². The molecule has 1 aliphatic rings. The molecule has 176 valence electrons. The molecular formula is C23H27N3O5S2. The average molecular weight is 490 g/mol. The van der Waals surface area contributed by atoms with Crippen molar-refractivity contribution in [3.05, 3.63) is 52.1 Å². The van der Waals surface area contributed by atoms with Crippen LogP contribution in [-0.2, 0) is 21.4 Å². The highest BCUT2D eigenvalue weighted by Crippen LogP contribution is 2.28. The average Bonchev–Trinajstić information content (AvgIpc) is 3.14. The smallest absolute Gasteiger partial charge is 0.308 e. The molecule has 0 unspecified atom stereocenters. The largest absolute Gasteiger partial charge is 0.497 e. The highest BCUT2D eigenvalue weighted by Gasteiger charge is 2.32. The molecular weight excluding hydrogens is 462 g/mol. The fourth-order valence-corrected chi connectivity index (χ4v) is 6.60. The van der Waals surface area contributed by atoms with E-state index in [1.54, 1.807) is 54.1 Å². The van der Waals surface area contributed by atoms with Crippen LogP contribution in [0.2, 0.25) is 0 Å². The van der Waals surface area contributed by atoms with Crippen LogP contribution >= 0.6 is 11.3 Å². The number of sulfonamides is 1. The Bertz CT molecular complexity index is 1300. The van der Waals surface area contributed by atoms with Crippen LogP contribution in [-0.4, -0.2) is 43.4 Å². The second kappa shape index (κ2) is 9.66. The fraction of sp³-hybridized carbons (Fsp3) is 0.391. The summed E-state index contributed by atoms with van der Waals surface area (Å²) in [6.07, 6.45) is 1.72. The van der Waals surface area contributed by atoms with E-state index < -0.39 is 10.0 Å². The quantitative estimate of drug-likeness (QED) is 0.548. The molecule has 0 saturated carbocycles. The number of thiazole rings is 1. The van der Waals surface area contributed by atoms with Gasteiger partial charge in [0.15, 0.2) is 0 Å². The van der Waals surface area contributed by atoms with Crippen LogP contribution < -0.4 is 14.9 Å². The van der Waals surface area contributed by atoms with Crippen LogP contribution in [0.1, 0.15) is 26.2 Å². The number of hydrogen-bond acceptors (Lipinski definition) is 6. The Kier molecular flexibility index (Phi) is 6.87. The van der Waals surface area contributed by atoms with Crippen molar-refractivity contribution in [1.82, 2.24) is 8.87 Å². The number of carbonyl (C=O) groups excluding carboxylic acids is 1. The van der Waals surface area contributed by atoms with Crippen LogP contribution in [0.25, 0.3) is 10.2 Å². The van der Waals surface area contributed by atoms with E-state index in [1.165, 1.54) is 4.31 Å². The topological polar surface area (TPSA) is 97.7 Å². The summed E-state index contributed by atoms with van der Waals surface area (Å²) < 4.78 is 35.3. The number of nitrogens with zero attached hydrogens (tertiary/aromatic N) is 2. The molecule has 1 fully saturated rings. The van der Waals surface area contributed by atoms with Crippen molar-refractivity contribution in [3.8, 4) is 5.75 Å². The van der Waals surface area contributed by atoms with Crippen molar-refractivity contribution in [2.75, 3.05) is 25.5 Å². The van der Waals surface area contributed by atoms with Crippen molar-refractivity contribution >= 4 is 43.2 Å².